The van der Waals surface area contributed by atoms with Crippen LogP contribution < -0.4 is 14.2 Å². The van der Waals surface area contributed by atoms with Crippen molar-refractivity contribution >= 4 is 36.0 Å². The van der Waals surface area contributed by atoms with Gasteiger partial charge in [-0.25, -0.2) is 9.59 Å². The van der Waals surface area contributed by atoms with Gasteiger partial charge in [0.05, 0.1) is 27.4 Å². The van der Waals surface area contributed by atoms with E-state index in [0.717, 1.165) is 77.0 Å². The number of carboxylic acids is 2. The van der Waals surface area contributed by atoms with Gasteiger partial charge >= 0.3 is 23.9 Å². The summed E-state index contributed by atoms with van der Waals surface area (Å²) in [4.78, 5) is 45.9. The molecule has 2 aromatic carbocycles. The van der Waals surface area contributed by atoms with Crippen LogP contribution in [0.4, 0.5) is 0 Å². The second-order valence-corrected chi connectivity index (χ2v) is 16.6. The molecule has 64 heavy (non-hydrogen) atoms. The first-order valence-corrected chi connectivity index (χ1v) is 24.0. The van der Waals surface area contributed by atoms with Gasteiger partial charge in [-0.05, 0) is 73.2 Å². The zero-order valence-electron chi connectivity index (χ0n) is 38.9. The zero-order valence-corrected chi connectivity index (χ0v) is 38.9. The van der Waals surface area contributed by atoms with Crippen LogP contribution in [0.2, 0.25) is 0 Å². The Bertz CT molecular complexity index is 1670. The minimum atomic E-state index is -0.705. The van der Waals surface area contributed by atoms with Crippen molar-refractivity contribution in [2.24, 2.45) is 0 Å². The SMILES string of the molecule is COc1cc(/C=C\C(=O)OCCCCCCCCCCCCCCCC(=O)O)ccc1Oc1cc(/C=C/C(=O)OCCCCCCCCCCCCCCCC(=O)O)cc(OC)c1O. The smallest absolute Gasteiger partial charge is 0.330 e. The number of carbonyl (C=O) groups excluding carboxylic acids is 2. The predicted molar refractivity (Wildman–Crippen MR) is 252 cm³/mol. The lowest BCUT2D eigenvalue weighted by Gasteiger charge is -2.14. The molecule has 2 rings (SSSR count). The molecule has 3 N–H and O–H groups in total. The number of carbonyl (C=O) groups is 4. The number of esters is 2. The van der Waals surface area contributed by atoms with E-state index in [4.69, 9.17) is 33.9 Å². The lowest BCUT2D eigenvalue weighted by molar-refractivity contribution is -0.138. The number of hydrogen-bond acceptors (Lipinski definition) is 10. The summed E-state index contributed by atoms with van der Waals surface area (Å²) in [6, 6.07) is 8.30. The summed E-state index contributed by atoms with van der Waals surface area (Å²) >= 11 is 0. The summed E-state index contributed by atoms with van der Waals surface area (Å²) < 4.78 is 27.8. The van der Waals surface area contributed by atoms with Crippen molar-refractivity contribution < 1.29 is 58.2 Å². The van der Waals surface area contributed by atoms with E-state index < -0.39 is 23.9 Å². The van der Waals surface area contributed by atoms with Crippen LogP contribution in [0.25, 0.3) is 12.2 Å². The van der Waals surface area contributed by atoms with Crippen LogP contribution in [0.1, 0.15) is 191 Å². The van der Waals surface area contributed by atoms with Gasteiger partial charge in [-0.3, -0.25) is 9.59 Å². The number of unbranched alkanes of at least 4 members (excludes halogenated alkanes) is 24. The van der Waals surface area contributed by atoms with Crippen LogP contribution in [-0.4, -0.2) is 66.6 Å². The van der Waals surface area contributed by atoms with Crippen LogP contribution in [0, 0.1) is 0 Å². The average molecular weight is 895 g/mol. The highest BCUT2D eigenvalue weighted by atomic mass is 16.5. The lowest BCUT2D eigenvalue weighted by atomic mass is 10.0. The van der Waals surface area contributed by atoms with Crippen molar-refractivity contribution in [1.82, 2.24) is 0 Å². The van der Waals surface area contributed by atoms with Crippen molar-refractivity contribution in [3.8, 4) is 28.7 Å². The maximum absolute atomic E-state index is 12.5. The Kier molecular flexibility index (Phi) is 31.3. The highest BCUT2D eigenvalue weighted by Crippen LogP contribution is 2.42. The van der Waals surface area contributed by atoms with Crippen molar-refractivity contribution in [3.05, 3.63) is 53.6 Å². The number of carboxylic acid groups (broad SMARTS) is 2. The Hall–Kier alpha value is -5.00. The molecule has 0 saturated carbocycles. The molecule has 0 aliphatic heterocycles. The van der Waals surface area contributed by atoms with E-state index in [9.17, 15) is 24.3 Å². The van der Waals surface area contributed by atoms with E-state index in [1.165, 1.54) is 116 Å². The molecule has 0 unspecified atom stereocenters. The summed E-state index contributed by atoms with van der Waals surface area (Å²) in [5.41, 5.74) is 1.24. The fourth-order valence-corrected chi connectivity index (χ4v) is 7.34. The van der Waals surface area contributed by atoms with Crippen molar-refractivity contribution in [3.63, 3.8) is 0 Å². The number of rotatable bonds is 40. The van der Waals surface area contributed by atoms with Crippen LogP contribution in [-0.2, 0) is 28.7 Å². The van der Waals surface area contributed by atoms with Crippen LogP contribution in [0.5, 0.6) is 28.7 Å². The molecule has 0 atom stereocenters. The molecule has 0 amide bonds. The minimum absolute atomic E-state index is 0.0946. The summed E-state index contributed by atoms with van der Waals surface area (Å²) in [5.74, 6) is -1.56. The third kappa shape index (κ3) is 27.9. The molecule has 358 valence electrons. The fourth-order valence-electron chi connectivity index (χ4n) is 7.34. The molecular weight excluding hydrogens is 817 g/mol. The first kappa shape index (κ1) is 55.1. The number of aliphatic carboxylic acids is 2. The van der Waals surface area contributed by atoms with Gasteiger partial charge in [0, 0.05) is 25.0 Å². The third-order valence-electron chi connectivity index (χ3n) is 11.1. The Morgan fingerprint density at radius 1 is 0.438 bits per heavy atom. The van der Waals surface area contributed by atoms with Crippen molar-refractivity contribution in [1.29, 1.82) is 0 Å². The molecule has 2 aromatic rings. The fraction of sp³-hybridized carbons (Fsp3) is 0.615. The summed E-state index contributed by atoms with van der Waals surface area (Å²) in [6.07, 6.45) is 35.3. The third-order valence-corrected chi connectivity index (χ3v) is 11.1. The normalized spacial score (nSPS) is 11.3. The molecule has 0 spiro atoms. The highest BCUT2D eigenvalue weighted by Gasteiger charge is 2.15. The monoisotopic (exact) mass is 895 g/mol. The van der Waals surface area contributed by atoms with E-state index in [0.29, 0.717) is 35.8 Å². The molecule has 0 heterocycles. The van der Waals surface area contributed by atoms with Gasteiger partial charge in [-0.2, -0.15) is 0 Å². The van der Waals surface area contributed by atoms with Gasteiger partial charge in [-0.1, -0.05) is 147 Å². The van der Waals surface area contributed by atoms with Crippen LogP contribution in [0.3, 0.4) is 0 Å². The van der Waals surface area contributed by atoms with Gasteiger partial charge < -0.3 is 39.0 Å². The lowest BCUT2D eigenvalue weighted by Crippen LogP contribution is -2.02. The second-order valence-electron chi connectivity index (χ2n) is 16.6. The molecule has 0 radical (unpaired) electrons. The molecule has 0 bridgehead atoms. The Morgan fingerprint density at radius 2 is 0.781 bits per heavy atom. The number of hydrogen-bond donors (Lipinski definition) is 3. The topological polar surface area (TPSA) is 175 Å². The van der Waals surface area contributed by atoms with Crippen molar-refractivity contribution in [2.45, 2.75) is 180 Å². The summed E-state index contributed by atoms with van der Waals surface area (Å²) in [7, 11) is 2.92. The molecule has 12 nitrogen and oxygen atoms in total. The molecule has 0 fully saturated rings. The Balaban J connectivity index is 1.66. The standard InChI is InChI=1S/C52H78O12/c1-60-45-39-42(32-35-50(57)62-37-27-23-19-15-11-7-3-5-9-13-17-21-25-29-48(53)54)31-34-44(45)64-47-41-43(40-46(61-2)52(47)59)33-36-51(58)63-38-28-24-20-16-12-8-4-6-10-14-18-22-26-30-49(55)56/h31-36,39-41,59H,3-30,37-38H2,1-2H3,(H,53,54)(H,55,56)/b35-32-,36-33+. The number of aromatic hydroxyl groups is 1. The van der Waals surface area contributed by atoms with Crippen LogP contribution >= 0.6 is 0 Å². The van der Waals surface area contributed by atoms with Gasteiger partial charge in [-0.15, -0.1) is 0 Å². The predicted octanol–water partition coefficient (Wildman–Crippen LogP) is 13.4. The summed E-state index contributed by atoms with van der Waals surface area (Å²) in [5, 5.41) is 28.2. The summed E-state index contributed by atoms with van der Waals surface area (Å²) in [6.45, 7) is 0.722. The van der Waals surface area contributed by atoms with E-state index in [1.807, 2.05) is 0 Å². The average Bonchev–Trinajstić information content (AvgIpc) is 3.28. The highest BCUT2D eigenvalue weighted by molar-refractivity contribution is 5.88. The van der Waals surface area contributed by atoms with E-state index >= 15 is 0 Å². The molecule has 12 heteroatoms. The number of phenolic OH excluding ortho intramolecular Hbond substituents is 1. The van der Waals surface area contributed by atoms with Crippen LogP contribution in [0.15, 0.2) is 42.5 Å². The minimum Gasteiger partial charge on any atom is -0.502 e. The van der Waals surface area contributed by atoms with Crippen molar-refractivity contribution in [2.75, 3.05) is 27.4 Å². The largest absolute Gasteiger partial charge is 0.502 e. The van der Waals surface area contributed by atoms with Gasteiger partial charge in [0.2, 0.25) is 5.75 Å². The van der Waals surface area contributed by atoms with Gasteiger partial charge in [0.15, 0.2) is 23.0 Å². The number of methoxy groups -OCH3 is 2. The van der Waals surface area contributed by atoms with Gasteiger partial charge in [0.25, 0.3) is 0 Å². The maximum Gasteiger partial charge on any atom is 0.330 e. The molecular formula is C52H78O12. The van der Waals surface area contributed by atoms with Gasteiger partial charge in [0.1, 0.15) is 0 Å². The number of phenols is 1. The number of benzene rings is 2. The van der Waals surface area contributed by atoms with E-state index in [1.54, 1.807) is 42.5 Å². The molecule has 0 aromatic heterocycles. The molecule has 0 aliphatic rings. The zero-order chi connectivity index (χ0) is 46.5. The van der Waals surface area contributed by atoms with E-state index in [-0.39, 0.29) is 30.1 Å². The second kappa shape index (κ2) is 36.4. The Labute approximate surface area is 382 Å². The van der Waals surface area contributed by atoms with E-state index in [2.05, 4.69) is 0 Å². The first-order valence-electron chi connectivity index (χ1n) is 24.0. The molecule has 0 aliphatic carbocycles. The maximum atomic E-state index is 12.5. The Morgan fingerprint density at radius 3 is 1.17 bits per heavy atom. The molecule has 0 saturated heterocycles. The number of ether oxygens (including phenoxy) is 5. The quantitative estimate of drug-likeness (QED) is 0.0328. The first-order chi connectivity index (χ1) is 31.1.